The summed E-state index contributed by atoms with van der Waals surface area (Å²) in [6.45, 7) is 3.59. The van der Waals surface area contributed by atoms with Gasteiger partial charge >= 0.3 is 5.69 Å². The molecule has 2 aromatic rings. The molecule has 1 N–H and O–H groups in total. The van der Waals surface area contributed by atoms with Crippen molar-refractivity contribution in [3.8, 4) is 5.75 Å². The first kappa shape index (κ1) is 13.5. The number of fused-ring (bicyclic) bond motifs is 1. The van der Waals surface area contributed by atoms with Gasteiger partial charge in [-0.1, -0.05) is 13.8 Å². The highest BCUT2D eigenvalue weighted by atomic mass is 79.9. The molecule has 2 rings (SSSR count). The molecule has 6 nitrogen and oxygen atoms in total. The van der Waals surface area contributed by atoms with Crippen molar-refractivity contribution in [1.82, 2.24) is 0 Å². The molecule has 0 saturated heterocycles. The summed E-state index contributed by atoms with van der Waals surface area (Å²) in [5, 5.41) is 20.6. The van der Waals surface area contributed by atoms with E-state index in [0.29, 0.717) is 5.76 Å². The van der Waals surface area contributed by atoms with Crippen LogP contribution < -0.4 is 5.43 Å². The van der Waals surface area contributed by atoms with Crippen molar-refractivity contribution in [1.29, 1.82) is 0 Å². The molecule has 1 aromatic carbocycles. The van der Waals surface area contributed by atoms with E-state index in [1.807, 2.05) is 0 Å². The van der Waals surface area contributed by atoms with Gasteiger partial charge in [-0.2, -0.15) is 0 Å². The van der Waals surface area contributed by atoms with Gasteiger partial charge < -0.3 is 9.52 Å². The highest BCUT2D eigenvalue weighted by Crippen LogP contribution is 2.36. The smallest absolute Gasteiger partial charge is 0.353 e. The molecule has 0 radical (unpaired) electrons. The molecule has 0 unspecified atom stereocenters. The highest BCUT2D eigenvalue weighted by molar-refractivity contribution is 9.10. The van der Waals surface area contributed by atoms with E-state index in [9.17, 15) is 20.0 Å². The third-order valence-electron chi connectivity index (χ3n) is 2.69. The molecule has 0 spiro atoms. The summed E-state index contributed by atoms with van der Waals surface area (Å²) in [7, 11) is 0. The minimum absolute atomic E-state index is 0.0563. The van der Waals surface area contributed by atoms with E-state index in [2.05, 4.69) is 15.9 Å². The van der Waals surface area contributed by atoms with E-state index < -0.39 is 21.8 Å². The van der Waals surface area contributed by atoms with Crippen molar-refractivity contribution in [3.05, 3.63) is 42.7 Å². The zero-order valence-corrected chi connectivity index (χ0v) is 11.7. The van der Waals surface area contributed by atoms with Gasteiger partial charge in [-0.25, -0.2) is 0 Å². The number of hydrogen-bond acceptors (Lipinski definition) is 5. The lowest BCUT2D eigenvalue weighted by atomic mass is 10.1. The van der Waals surface area contributed by atoms with Crippen LogP contribution in [0.15, 0.2) is 25.8 Å². The van der Waals surface area contributed by atoms with Gasteiger partial charge in [0, 0.05) is 5.92 Å². The Bertz CT molecular complexity index is 735. The molecule has 0 aliphatic rings. The Morgan fingerprint density at radius 2 is 2.05 bits per heavy atom. The van der Waals surface area contributed by atoms with Gasteiger partial charge in [0.2, 0.25) is 11.0 Å². The van der Waals surface area contributed by atoms with Crippen LogP contribution in [0.4, 0.5) is 5.69 Å². The van der Waals surface area contributed by atoms with Crippen molar-refractivity contribution < 1.29 is 14.4 Å². The number of phenolic OH excluding ortho intramolecular Hbond substituents is 1. The first-order chi connectivity index (χ1) is 8.84. The summed E-state index contributed by atoms with van der Waals surface area (Å²) < 4.78 is 5.70. The molecule has 19 heavy (non-hydrogen) atoms. The van der Waals surface area contributed by atoms with E-state index in [4.69, 9.17) is 4.42 Å². The average molecular weight is 328 g/mol. The topological polar surface area (TPSA) is 93.6 Å². The molecule has 100 valence electrons. The zero-order chi connectivity index (χ0) is 14.3. The van der Waals surface area contributed by atoms with E-state index in [0.717, 1.165) is 6.07 Å². The maximum absolute atomic E-state index is 12.1. The molecule has 0 amide bonds. The van der Waals surface area contributed by atoms with Crippen LogP contribution in [-0.2, 0) is 0 Å². The summed E-state index contributed by atoms with van der Waals surface area (Å²) in [6.07, 6.45) is 0. The number of phenols is 1. The zero-order valence-electron chi connectivity index (χ0n) is 10.1. The Labute approximate surface area is 115 Å². The van der Waals surface area contributed by atoms with Crippen molar-refractivity contribution in [2.24, 2.45) is 0 Å². The maximum Gasteiger partial charge on any atom is 0.353 e. The molecule has 1 aromatic heterocycles. The second-order valence-electron chi connectivity index (χ2n) is 4.33. The standard InChI is InChI=1S/C12H10BrNO5/c1-5(2)11-8(13)10(16)6-3-4-7(15)9(14(17)18)12(6)19-11/h3-5,15H,1-2H3. The molecule has 1 heterocycles. The Kier molecular flexibility index (Phi) is 3.32. The second-order valence-corrected chi connectivity index (χ2v) is 5.12. The van der Waals surface area contributed by atoms with Crippen LogP contribution in [0.2, 0.25) is 0 Å². The first-order valence-electron chi connectivity index (χ1n) is 5.47. The number of halogens is 1. The van der Waals surface area contributed by atoms with Crippen LogP contribution in [0.1, 0.15) is 25.5 Å². The first-order valence-corrected chi connectivity index (χ1v) is 6.26. The van der Waals surface area contributed by atoms with Crippen molar-refractivity contribution in [3.63, 3.8) is 0 Å². The Balaban J connectivity index is 3.02. The third-order valence-corrected chi connectivity index (χ3v) is 3.44. The van der Waals surface area contributed by atoms with E-state index in [1.54, 1.807) is 13.8 Å². The normalized spacial score (nSPS) is 11.2. The fraction of sp³-hybridized carbons (Fsp3) is 0.250. The van der Waals surface area contributed by atoms with Gasteiger partial charge in [-0.3, -0.25) is 14.9 Å². The molecule has 0 fully saturated rings. The Hall–Kier alpha value is -1.89. The molecule has 0 saturated carbocycles. The third kappa shape index (κ3) is 2.10. The van der Waals surface area contributed by atoms with Crippen molar-refractivity contribution >= 4 is 32.6 Å². The van der Waals surface area contributed by atoms with Crippen LogP contribution in [0.3, 0.4) is 0 Å². The minimum atomic E-state index is -0.765. The van der Waals surface area contributed by atoms with Crippen LogP contribution in [0.25, 0.3) is 11.0 Å². The van der Waals surface area contributed by atoms with Crippen LogP contribution in [0, 0.1) is 10.1 Å². The van der Waals surface area contributed by atoms with E-state index in [1.165, 1.54) is 6.07 Å². The SMILES string of the molecule is CC(C)c1oc2c([N+](=O)[O-])c(O)ccc2c(=O)c1Br. The molecule has 0 aliphatic carbocycles. The predicted molar refractivity (Wildman–Crippen MR) is 72.6 cm³/mol. The van der Waals surface area contributed by atoms with Crippen LogP contribution in [0.5, 0.6) is 5.75 Å². The molecule has 0 bridgehead atoms. The number of rotatable bonds is 2. The lowest BCUT2D eigenvalue weighted by Gasteiger charge is -2.09. The molecule has 0 atom stereocenters. The van der Waals surface area contributed by atoms with Crippen LogP contribution in [-0.4, -0.2) is 10.0 Å². The van der Waals surface area contributed by atoms with Gasteiger partial charge in [-0.15, -0.1) is 0 Å². The summed E-state index contributed by atoms with van der Waals surface area (Å²) in [4.78, 5) is 22.3. The van der Waals surface area contributed by atoms with Gasteiger partial charge in [0.15, 0.2) is 5.75 Å². The Morgan fingerprint density at radius 3 is 2.58 bits per heavy atom. The van der Waals surface area contributed by atoms with Crippen LogP contribution >= 0.6 is 15.9 Å². The number of nitrogens with zero attached hydrogens (tertiary/aromatic N) is 1. The molecular weight excluding hydrogens is 318 g/mol. The lowest BCUT2D eigenvalue weighted by Crippen LogP contribution is -2.08. The second kappa shape index (κ2) is 4.65. The maximum atomic E-state index is 12.1. The fourth-order valence-corrected chi connectivity index (χ4v) is 2.53. The monoisotopic (exact) mass is 327 g/mol. The number of benzene rings is 1. The van der Waals surface area contributed by atoms with E-state index >= 15 is 0 Å². The number of hydrogen-bond donors (Lipinski definition) is 1. The van der Waals surface area contributed by atoms with Gasteiger partial charge in [0.1, 0.15) is 10.2 Å². The summed E-state index contributed by atoms with van der Waals surface area (Å²) in [5.41, 5.74) is -1.20. The number of nitro benzene ring substituents is 1. The molecular formula is C12H10BrNO5. The summed E-state index contributed by atoms with van der Waals surface area (Å²) in [5.74, 6) is -0.350. The predicted octanol–water partition coefficient (Wildman–Crippen LogP) is 3.29. The minimum Gasteiger partial charge on any atom is -0.502 e. The quantitative estimate of drug-likeness (QED) is 0.674. The van der Waals surface area contributed by atoms with Gasteiger partial charge in [0.25, 0.3) is 0 Å². The largest absolute Gasteiger partial charge is 0.502 e. The number of nitro groups is 1. The van der Waals surface area contributed by atoms with Gasteiger partial charge in [-0.05, 0) is 28.1 Å². The highest BCUT2D eigenvalue weighted by Gasteiger charge is 2.25. The molecule has 7 heteroatoms. The summed E-state index contributed by atoms with van der Waals surface area (Å²) >= 11 is 3.14. The molecule has 0 aliphatic heterocycles. The average Bonchev–Trinajstić information content (AvgIpc) is 2.32. The van der Waals surface area contributed by atoms with E-state index in [-0.39, 0.29) is 21.4 Å². The van der Waals surface area contributed by atoms with Crippen molar-refractivity contribution in [2.45, 2.75) is 19.8 Å². The van der Waals surface area contributed by atoms with Crippen molar-refractivity contribution in [2.75, 3.05) is 0 Å². The summed E-state index contributed by atoms with van der Waals surface area (Å²) in [6, 6.07) is 2.41. The Morgan fingerprint density at radius 1 is 1.42 bits per heavy atom. The van der Waals surface area contributed by atoms with Gasteiger partial charge in [0.05, 0.1) is 10.3 Å². The fourth-order valence-electron chi connectivity index (χ4n) is 1.78. The number of aromatic hydroxyl groups is 1. The lowest BCUT2D eigenvalue weighted by molar-refractivity contribution is -0.384.